The van der Waals surface area contributed by atoms with Crippen molar-refractivity contribution in [2.75, 3.05) is 11.9 Å². The maximum absolute atomic E-state index is 11.4. The van der Waals surface area contributed by atoms with Crippen LogP contribution in [0.15, 0.2) is 10.9 Å². The molecule has 0 spiro atoms. The molecule has 0 aromatic carbocycles. The number of nitrogens with zero attached hydrogens (tertiary/aromatic N) is 1. The number of hydrogen-bond donors (Lipinski definition) is 2. The molecule has 17 heavy (non-hydrogen) atoms. The molecule has 1 rings (SSSR count). The second-order valence-corrected chi connectivity index (χ2v) is 4.32. The number of hydrogen-bond acceptors (Lipinski definition) is 3. The summed E-state index contributed by atoms with van der Waals surface area (Å²) in [6.45, 7) is 5.18. The molecule has 1 aromatic heterocycles. The van der Waals surface area contributed by atoms with Crippen molar-refractivity contribution in [1.82, 2.24) is 9.97 Å². The van der Waals surface area contributed by atoms with Crippen molar-refractivity contribution in [3.63, 3.8) is 0 Å². The molecule has 0 aliphatic rings. The molecule has 96 valence electrons. The predicted octanol–water partition coefficient (Wildman–Crippen LogP) is 2.71. The van der Waals surface area contributed by atoms with Crippen LogP contribution in [0.1, 0.15) is 51.6 Å². The van der Waals surface area contributed by atoms with E-state index in [2.05, 4.69) is 29.1 Å². The van der Waals surface area contributed by atoms with Gasteiger partial charge in [-0.1, -0.05) is 33.1 Å². The highest BCUT2D eigenvalue weighted by molar-refractivity contribution is 5.24. The first kappa shape index (κ1) is 13.7. The van der Waals surface area contributed by atoms with Crippen molar-refractivity contribution < 1.29 is 0 Å². The summed E-state index contributed by atoms with van der Waals surface area (Å²) < 4.78 is 0. The third-order valence-corrected chi connectivity index (χ3v) is 2.65. The van der Waals surface area contributed by atoms with Gasteiger partial charge in [-0.25, -0.2) is 4.98 Å². The minimum Gasteiger partial charge on any atom is -0.356 e. The Morgan fingerprint density at radius 3 is 2.71 bits per heavy atom. The Hall–Kier alpha value is -1.32. The summed E-state index contributed by atoms with van der Waals surface area (Å²) in [6, 6.07) is 1.59. The lowest BCUT2D eigenvalue weighted by molar-refractivity contribution is 0.736. The Balaban J connectivity index is 2.53. The minimum absolute atomic E-state index is 0.0657. The fourth-order valence-electron chi connectivity index (χ4n) is 1.66. The zero-order valence-corrected chi connectivity index (χ0v) is 10.9. The minimum atomic E-state index is -0.0657. The summed E-state index contributed by atoms with van der Waals surface area (Å²) in [4.78, 5) is 18.6. The predicted molar refractivity (Wildman–Crippen MR) is 71.5 cm³/mol. The van der Waals surface area contributed by atoms with E-state index in [4.69, 9.17) is 0 Å². The first-order chi connectivity index (χ1) is 8.26. The average molecular weight is 237 g/mol. The fraction of sp³-hybridized carbons (Fsp3) is 0.692. The largest absolute Gasteiger partial charge is 0.356 e. The molecular weight excluding hydrogens is 214 g/mol. The number of aromatic nitrogens is 2. The van der Waals surface area contributed by atoms with E-state index >= 15 is 0 Å². The van der Waals surface area contributed by atoms with Gasteiger partial charge in [0.05, 0.1) is 0 Å². The number of nitrogens with one attached hydrogen (secondary N) is 2. The molecule has 0 atom stereocenters. The molecule has 0 amide bonds. The molecule has 1 heterocycles. The van der Waals surface area contributed by atoms with Crippen LogP contribution in [0.3, 0.4) is 0 Å². The highest BCUT2D eigenvalue weighted by Gasteiger charge is 2.00. The van der Waals surface area contributed by atoms with Gasteiger partial charge in [0.2, 0.25) is 5.95 Å². The summed E-state index contributed by atoms with van der Waals surface area (Å²) in [5.41, 5.74) is 0.817. The molecular formula is C13H23N3O. The number of rotatable bonds is 8. The fourth-order valence-corrected chi connectivity index (χ4v) is 1.66. The Kier molecular flexibility index (Phi) is 6.37. The number of anilines is 1. The molecule has 0 unspecified atom stereocenters. The Morgan fingerprint density at radius 2 is 2.00 bits per heavy atom. The van der Waals surface area contributed by atoms with E-state index in [0.29, 0.717) is 5.95 Å². The van der Waals surface area contributed by atoms with E-state index in [-0.39, 0.29) is 5.56 Å². The topological polar surface area (TPSA) is 57.8 Å². The molecule has 0 saturated carbocycles. The van der Waals surface area contributed by atoms with E-state index in [1.165, 1.54) is 12.8 Å². The molecule has 2 N–H and O–H groups in total. The van der Waals surface area contributed by atoms with E-state index in [9.17, 15) is 4.79 Å². The quantitative estimate of drug-likeness (QED) is 0.683. The smallest absolute Gasteiger partial charge is 0.252 e. The van der Waals surface area contributed by atoms with Gasteiger partial charge in [0.1, 0.15) is 0 Å². The van der Waals surface area contributed by atoms with Gasteiger partial charge >= 0.3 is 0 Å². The third kappa shape index (κ3) is 5.52. The van der Waals surface area contributed by atoms with Crippen LogP contribution in [-0.2, 0) is 6.42 Å². The summed E-state index contributed by atoms with van der Waals surface area (Å²) in [6.07, 6.45) is 6.58. The second kappa shape index (κ2) is 7.87. The molecule has 0 aliphatic heterocycles. The Morgan fingerprint density at radius 1 is 1.24 bits per heavy atom. The van der Waals surface area contributed by atoms with Crippen LogP contribution in [0, 0.1) is 0 Å². The summed E-state index contributed by atoms with van der Waals surface area (Å²) >= 11 is 0. The molecule has 0 aliphatic carbocycles. The lowest BCUT2D eigenvalue weighted by Crippen LogP contribution is -2.14. The second-order valence-electron chi connectivity index (χ2n) is 4.32. The van der Waals surface area contributed by atoms with Gasteiger partial charge < -0.3 is 5.32 Å². The zero-order chi connectivity index (χ0) is 12.5. The number of aryl methyl sites for hydroxylation is 1. The Bertz CT molecular complexity index is 373. The number of H-pyrrole nitrogens is 1. The van der Waals surface area contributed by atoms with Gasteiger partial charge in [0.25, 0.3) is 5.56 Å². The van der Waals surface area contributed by atoms with Crippen molar-refractivity contribution in [2.24, 2.45) is 0 Å². The maximum atomic E-state index is 11.4. The molecule has 0 saturated heterocycles. The van der Waals surface area contributed by atoms with Crippen molar-refractivity contribution in [3.8, 4) is 0 Å². The van der Waals surface area contributed by atoms with E-state index < -0.39 is 0 Å². The van der Waals surface area contributed by atoms with Crippen molar-refractivity contribution in [2.45, 2.75) is 52.4 Å². The van der Waals surface area contributed by atoms with E-state index in [1.54, 1.807) is 6.07 Å². The van der Waals surface area contributed by atoms with Crippen LogP contribution in [0.5, 0.6) is 0 Å². The zero-order valence-electron chi connectivity index (χ0n) is 10.9. The molecule has 4 heteroatoms. The van der Waals surface area contributed by atoms with Gasteiger partial charge in [0, 0.05) is 18.3 Å². The molecule has 4 nitrogen and oxygen atoms in total. The van der Waals surface area contributed by atoms with Crippen LogP contribution >= 0.6 is 0 Å². The van der Waals surface area contributed by atoms with Gasteiger partial charge in [-0.3, -0.25) is 9.78 Å². The molecule has 1 aromatic rings. The van der Waals surface area contributed by atoms with Crippen molar-refractivity contribution in [1.29, 1.82) is 0 Å². The average Bonchev–Trinajstić information content (AvgIpc) is 2.31. The SMILES string of the molecule is CCCCCNc1nc(CCCC)cc(=O)[nH]1. The van der Waals surface area contributed by atoms with Crippen molar-refractivity contribution >= 4 is 5.95 Å². The highest BCUT2D eigenvalue weighted by Crippen LogP contribution is 2.03. The standard InChI is InChI=1S/C13H23N3O/c1-3-5-7-9-14-13-15-11(8-6-4-2)10-12(17)16-13/h10H,3-9H2,1-2H3,(H2,14,15,16,17). The van der Waals surface area contributed by atoms with E-state index in [0.717, 1.165) is 37.9 Å². The first-order valence-corrected chi connectivity index (χ1v) is 6.60. The summed E-state index contributed by atoms with van der Waals surface area (Å²) in [7, 11) is 0. The van der Waals surface area contributed by atoms with Crippen LogP contribution < -0.4 is 10.9 Å². The van der Waals surface area contributed by atoms with Crippen LogP contribution in [-0.4, -0.2) is 16.5 Å². The molecule has 0 radical (unpaired) electrons. The molecule has 0 bridgehead atoms. The maximum Gasteiger partial charge on any atom is 0.252 e. The van der Waals surface area contributed by atoms with Crippen molar-refractivity contribution in [3.05, 3.63) is 22.1 Å². The number of aromatic amines is 1. The first-order valence-electron chi connectivity index (χ1n) is 6.60. The van der Waals surface area contributed by atoms with Crippen LogP contribution in [0.4, 0.5) is 5.95 Å². The summed E-state index contributed by atoms with van der Waals surface area (Å²) in [5, 5.41) is 3.17. The van der Waals surface area contributed by atoms with Gasteiger partial charge in [-0.15, -0.1) is 0 Å². The van der Waals surface area contributed by atoms with Crippen LogP contribution in [0.25, 0.3) is 0 Å². The van der Waals surface area contributed by atoms with Gasteiger partial charge in [-0.05, 0) is 19.3 Å². The lowest BCUT2D eigenvalue weighted by atomic mass is 10.2. The van der Waals surface area contributed by atoms with Gasteiger partial charge in [-0.2, -0.15) is 0 Å². The Labute approximate surface area is 103 Å². The normalized spacial score (nSPS) is 10.5. The van der Waals surface area contributed by atoms with Gasteiger partial charge in [0.15, 0.2) is 0 Å². The summed E-state index contributed by atoms with van der Waals surface area (Å²) in [5.74, 6) is 0.611. The van der Waals surface area contributed by atoms with E-state index in [1.807, 2.05) is 0 Å². The monoisotopic (exact) mass is 237 g/mol. The lowest BCUT2D eigenvalue weighted by Gasteiger charge is -2.06. The highest BCUT2D eigenvalue weighted by atomic mass is 16.1. The number of unbranched alkanes of at least 4 members (excludes halogenated alkanes) is 3. The van der Waals surface area contributed by atoms with Crippen LogP contribution in [0.2, 0.25) is 0 Å². The third-order valence-electron chi connectivity index (χ3n) is 2.65. The molecule has 0 fully saturated rings.